The summed E-state index contributed by atoms with van der Waals surface area (Å²) in [5, 5.41) is 8.70. The van der Waals surface area contributed by atoms with Gasteiger partial charge in [0.2, 0.25) is 0 Å². The number of aromatic nitrogens is 1. The van der Waals surface area contributed by atoms with Crippen LogP contribution in [0, 0.1) is 24.1 Å². The molecular formula is C13H9FN2. The van der Waals surface area contributed by atoms with E-state index in [0.29, 0.717) is 5.56 Å². The Bertz CT molecular complexity index is 556. The predicted molar refractivity (Wildman–Crippen MR) is 59.1 cm³/mol. The highest BCUT2D eigenvalue weighted by Crippen LogP contribution is 2.25. The fraction of sp³-hybridized carbons (Fsp3) is 0.0769. The van der Waals surface area contributed by atoms with Gasteiger partial charge in [0.15, 0.2) is 0 Å². The predicted octanol–water partition coefficient (Wildman–Crippen LogP) is 3.07. The van der Waals surface area contributed by atoms with E-state index >= 15 is 0 Å². The second kappa shape index (κ2) is 4.11. The van der Waals surface area contributed by atoms with E-state index in [1.54, 1.807) is 31.5 Å². The SMILES string of the molecule is Cc1c(-c2cccnc2)ccc(C#N)c1F. The molecule has 2 nitrogen and oxygen atoms in total. The summed E-state index contributed by atoms with van der Waals surface area (Å²) in [5.74, 6) is -0.455. The topological polar surface area (TPSA) is 36.7 Å². The van der Waals surface area contributed by atoms with E-state index < -0.39 is 5.82 Å². The molecule has 0 radical (unpaired) electrons. The first-order chi connectivity index (χ1) is 7.74. The van der Waals surface area contributed by atoms with E-state index in [9.17, 15) is 4.39 Å². The number of benzene rings is 1. The largest absolute Gasteiger partial charge is 0.264 e. The van der Waals surface area contributed by atoms with Crippen LogP contribution in [0.15, 0.2) is 36.7 Å². The molecule has 0 saturated heterocycles. The van der Waals surface area contributed by atoms with Crippen LogP contribution >= 0.6 is 0 Å². The van der Waals surface area contributed by atoms with Crippen LogP contribution in [0.5, 0.6) is 0 Å². The van der Waals surface area contributed by atoms with E-state index in [1.807, 2.05) is 12.1 Å². The van der Waals surface area contributed by atoms with Crippen LogP contribution in [0.1, 0.15) is 11.1 Å². The molecule has 0 fully saturated rings. The molecule has 0 aliphatic carbocycles. The third-order valence-corrected chi connectivity index (χ3v) is 2.48. The lowest BCUT2D eigenvalue weighted by Gasteiger charge is -2.07. The summed E-state index contributed by atoms with van der Waals surface area (Å²) in [5.41, 5.74) is 2.17. The smallest absolute Gasteiger partial charge is 0.144 e. The summed E-state index contributed by atoms with van der Waals surface area (Å²) in [6, 6.07) is 8.72. The molecule has 16 heavy (non-hydrogen) atoms. The average Bonchev–Trinajstić information content (AvgIpc) is 2.34. The number of hydrogen-bond acceptors (Lipinski definition) is 2. The molecule has 2 aromatic rings. The van der Waals surface area contributed by atoms with Crippen molar-refractivity contribution < 1.29 is 4.39 Å². The Morgan fingerprint density at radius 3 is 2.75 bits per heavy atom. The van der Waals surface area contributed by atoms with Crippen molar-refractivity contribution in [2.24, 2.45) is 0 Å². The molecule has 0 atom stereocenters. The summed E-state index contributed by atoms with van der Waals surface area (Å²) in [6.07, 6.45) is 3.34. The van der Waals surface area contributed by atoms with Gasteiger partial charge in [-0.15, -0.1) is 0 Å². The van der Waals surface area contributed by atoms with Crippen molar-refractivity contribution in [3.05, 3.63) is 53.6 Å². The average molecular weight is 212 g/mol. The van der Waals surface area contributed by atoms with Crippen molar-refractivity contribution in [1.82, 2.24) is 4.98 Å². The third kappa shape index (κ3) is 1.66. The Balaban J connectivity index is 2.62. The number of halogens is 1. The molecule has 3 heteroatoms. The monoisotopic (exact) mass is 212 g/mol. The zero-order valence-corrected chi connectivity index (χ0v) is 8.74. The van der Waals surface area contributed by atoms with Crippen molar-refractivity contribution in [3.8, 4) is 17.2 Å². The van der Waals surface area contributed by atoms with E-state index in [-0.39, 0.29) is 5.56 Å². The molecule has 0 aliphatic rings. The Kier molecular flexibility index (Phi) is 2.65. The highest BCUT2D eigenvalue weighted by Gasteiger charge is 2.10. The highest BCUT2D eigenvalue weighted by molar-refractivity contribution is 5.67. The van der Waals surface area contributed by atoms with Gasteiger partial charge in [-0.2, -0.15) is 5.26 Å². The van der Waals surface area contributed by atoms with Crippen molar-refractivity contribution in [2.45, 2.75) is 6.92 Å². The van der Waals surface area contributed by atoms with Crippen LogP contribution in [-0.2, 0) is 0 Å². The van der Waals surface area contributed by atoms with Crippen LogP contribution in [0.4, 0.5) is 4.39 Å². The summed E-state index contributed by atoms with van der Waals surface area (Å²) in [6.45, 7) is 1.67. The molecule has 0 N–H and O–H groups in total. The first-order valence-corrected chi connectivity index (χ1v) is 4.83. The van der Waals surface area contributed by atoms with Gasteiger partial charge in [0.25, 0.3) is 0 Å². The zero-order valence-electron chi connectivity index (χ0n) is 8.74. The fourth-order valence-corrected chi connectivity index (χ4v) is 1.61. The molecular weight excluding hydrogens is 203 g/mol. The maximum atomic E-state index is 13.7. The van der Waals surface area contributed by atoms with Crippen molar-refractivity contribution in [2.75, 3.05) is 0 Å². The van der Waals surface area contributed by atoms with Crippen LogP contribution in [-0.4, -0.2) is 4.98 Å². The van der Waals surface area contributed by atoms with Gasteiger partial charge in [0.05, 0.1) is 5.56 Å². The number of pyridine rings is 1. The minimum Gasteiger partial charge on any atom is -0.264 e. The number of hydrogen-bond donors (Lipinski definition) is 0. The second-order valence-corrected chi connectivity index (χ2v) is 3.45. The maximum Gasteiger partial charge on any atom is 0.144 e. The van der Waals surface area contributed by atoms with E-state index in [0.717, 1.165) is 11.1 Å². The first-order valence-electron chi connectivity index (χ1n) is 4.83. The van der Waals surface area contributed by atoms with Gasteiger partial charge < -0.3 is 0 Å². The van der Waals surface area contributed by atoms with Crippen LogP contribution < -0.4 is 0 Å². The summed E-state index contributed by atoms with van der Waals surface area (Å²) in [7, 11) is 0. The van der Waals surface area contributed by atoms with Crippen LogP contribution in [0.3, 0.4) is 0 Å². The molecule has 1 heterocycles. The lowest BCUT2D eigenvalue weighted by Crippen LogP contribution is -1.92. The second-order valence-electron chi connectivity index (χ2n) is 3.45. The molecule has 0 saturated carbocycles. The molecule has 0 bridgehead atoms. The van der Waals surface area contributed by atoms with Crippen molar-refractivity contribution in [1.29, 1.82) is 5.26 Å². The highest BCUT2D eigenvalue weighted by atomic mass is 19.1. The van der Waals surface area contributed by atoms with Gasteiger partial charge in [-0.3, -0.25) is 4.98 Å². The standard InChI is InChI=1S/C13H9FN2/c1-9-12(11-3-2-6-16-8-11)5-4-10(7-15)13(9)14/h2-6,8H,1H3. The van der Waals surface area contributed by atoms with Gasteiger partial charge in [0.1, 0.15) is 11.9 Å². The van der Waals surface area contributed by atoms with Gasteiger partial charge in [-0.1, -0.05) is 12.1 Å². The Morgan fingerprint density at radius 2 is 2.12 bits per heavy atom. The molecule has 0 spiro atoms. The molecule has 0 unspecified atom stereocenters. The van der Waals surface area contributed by atoms with Gasteiger partial charge in [0, 0.05) is 18.0 Å². The molecule has 1 aromatic heterocycles. The molecule has 0 amide bonds. The number of nitriles is 1. The summed E-state index contributed by atoms with van der Waals surface area (Å²) < 4.78 is 13.7. The van der Waals surface area contributed by atoms with E-state index in [1.165, 1.54) is 6.07 Å². The molecule has 1 aromatic carbocycles. The summed E-state index contributed by atoms with van der Waals surface area (Å²) >= 11 is 0. The minimum atomic E-state index is -0.455. The van der Waals surface area contributed by atoms with Gasteiger partial charge in [-0.05, 0) is 30.2 Å². The van der Waals surface area contributed by atoms with E-state index in [4.69, 9.17) is 5.26 Å². The zero-order chi connectivity index (χ0) is 11.5. The molecule has 0 aliphatic heterocycles. The lowest BCUT2D eigenvalue weighted by molar-refractivity contribution is 0.615. The van der Waals surface area contributed by atoms with Crippen molar-refractivity contribution in [3.63, 3.8) is 0 Å². The van der Waals surface area contributed by atoms with E-state index in [2.05, 4.69) is 4.98 Å². The Morgan fingerprint density at radius 1 is 1.31 bits per heavy atom. The first kappa shape index (κ1) is 10.3. The van der Waals surface area contributed by atoms with Crippen LogP contribution in [0.25, 0.3) is 11.1 Å². The van der Waals surface area contributed by atoms with Crippen molar-refractivity contribution >= 4 is 0 Å². The maximum absolute atomic E-state index is 13.7. The molecule has 78 valence electrons. The van der Waals surface area contributed by atoms with Crippen LogP contribution in [0.2, 0.25) is 0 Å². The Labute approximate surface area is 93.0 Å². The fourth-order valence-electron chi connectivity index (χ4n) is 1.61. The number of rotatable bonds is 1. The minimum absolute atomic E-state index is 0.0742. The number of nitrogens with zero attached hydrogens (tertiary/aromatic N) is 2. The summed E-state index contributed by atoms with van der Waals surface area (Å²) in [4.78, 5) is 3.99. The Hall–Kier alpha value is -2.21. The lowest BCUT2D eigenvalue weighted by atomic mass is 9.99. The van der Waals surface area contributed by atoms with Gasteiger partial charge >= 0.3 is 0 Å². The van der Waals surface area contributed by atoms with Gasteiger partial charge in [-0.25, -0.2) is 4.39 Å². The molecule has 2 rings (SSSR count). The normalized spacial score (nSPS) is 9.81. The third-order valence-electron chi connectivity index (χ3n) is 2.48. The quantitative estimate of drug-likeness (QED) is 0.728.